The van der Waals surface area contributed by atoms with E-state index in [9.17, 15) is 4.79 Å². The van der Waals surface area contributed by atoms with E-state index in [1.807, 2.05) is 38.1 Å². The molecular weight excluding hydrogens is 286 g/mol. The molecule has 122 valence electrons. The zero-order valence-corrected chi connectivity index (χ0v) is 14.1. The Hall–Kier alpha value is -2.29. The Morgan fingerprint density at radius 2 is 1.57 bits per heavy atom. The van der Waals surface area contributed by atoms with Crippen LogP contribution in [0.4, 0.5) is 0 Å². The lowest BCUT2D eigenvalue weighted by molar-refractivity contribution is -0.121. The fourth-order valence-corrected chi connectivity index (χ4v) is 2.26. The van der Waals surface area contributed by atoms with E-state index in [1.165, 1.54) is 16.7 Å². The van der Waals surface area contributed by atoms with Crippen LogP contribution >= 0.6 is 0 Å². The number of hydrogen-bond acceptors (Lipinski definition) is 2. The predicted molar refractivity (Wildman–Crippen MR) is 93.8 cm³/mol. The van der Waals surface area contributed by atoms with Crippen LogP contribution in [0.25, 0.3) is 0 Å². The maximum atomic E-state index is 12.0. The van der Waals surface area contributed by atoms with Gasteiger partial charge in [-0.3, -0.25) is 4.79 Å². The fraction of sp³-hybridized carbons (Fsp3) is 0.350. The van der Waals surface area contributed by atoms with Crippen LogP contribution in [-0.2, 0) is 11.2 Å². The lowest BCUT2D eigenvalue weighted by atomic mass is 10.1. The van der Waals surface area contributed by atoms with Gasteiger partial charge in [-0.15, -0.1) is 0 Å². The van der Waals surface area contributed by atoms with Crippen LogP contribution in [0, 0.1) is 13.8 Å². The minimum Gasteiger partial charge on any atom is -0.491 e. The summed E-state index contributed by atoms with van der Waals surface area (Å²) in [5, 5.41) is 2.98. The highest BCUT2D eigenvalue weighted by molar-refractivity contribution is 5.76. The van der Waals surface area contributed by atoms with Crippen LogP contribution in [0.5, 0.6) is 5.75 Å². The summed E-state index contributed by atoms with van der Waals surface area (Å²) in [6.07, 6.45) is 1.26. The number of carbonyl (C=O) groups excluding carboxylic acids is 1. The Labute approximate surface area is 138 Å². The molecule has 0 spiro atoms. The van der Waals surface area contributed by atoms with Gasteiger partial charge in [0, 0.05) is 6.42 Å². The minimum atomic E-state index is -0.0122. The largest absolute Gasteiger partial charge is 0.491 e. The molecule has 0 bridgehead atoms. The van der Waals surface area contributed by atoms with Crippen molar-refractivity contribution in [3.05, 3.63) is 65.2 Å². The van der Waals surface area contributed by atoms with E-state index in [4.69, 9.17) is 4.74 Å². The van der Waals surface area contributed by atoms with E-state index in [2.05, 4.69) is 36.5 Å². The van der Waals surface area contributed by atoms with Crippen molar-refractivity contribution in [1.29, 1.82) is 0 Å². The number of aryl methyl sites for hydroxylation is 3. The molecule has 23 heavy (non-hydrogen) atoms. The van der Waals surface area contributed by atoms with E-state index in [1.54, 1.807) is 0 Å². The standard InChI is InChI=1S/C20H25NO2/c1-15-4-8-18(9-5-15)10-13-20(22)21-17(3)14-23-19-11-6-16(2)7-12-19/h4-9,11-12,17H,10,13-14H2,1-3H3,(H,21,22). The summed E-state index contributed by atoms with van der Waals surface area (Å²) in [4.78, 5) is 12.0. The molecule has 0 aliphatic carbocycles. The molecule has 0 aromatic heterocycles. The number of amides is 1. The lowest BCUT2D eigenvalue weighted by Gasteiger charge is -2.15. The van der Waals surface area contributed by atoms with Gasteiger partial charge in [0.2, 0.25) is 5.91 Å². The molecule has 2 rings (SSSR count). The Bertz CT molecular complexity index is 617. The predicted octanol–water partition coefficient (Wildman–Crippen LogP) is 3.82. The summed E-state index contributed by atoms with van der Waals surface area (Å²) in [6, 6.07) is 16.2. The molecule has 0 aliphatic heterocycles. The number of hydrogen-bond donors (Lipinski definition) is 1. The smallest absolute Gasteiger partial charge is 0.220 e. The van der Waals surface area contributed by atoms with Crippen LogP contribution < -0.4 is 10.1 Å². The fourth-order valence-electron chi connectivity index (χ4n) is 2.26. The first-order valence-corrected chi connectivity index (χ1v) is 8.07. The molecule has 0 fully saturated rings. The minimum absolute atomic E-state index is 0.0122. The number of benzene rings is 2. The zero-order valence-electron chi connectivity index (χ0n) is 14.1. The Morgan fingerprint density at radius 1 is 1.00 bits per heavy atom. The molecule has 0 saturated heterocycles. The molecule has 0 aliphatic rings. The second-order valence-corrected chi connectivity index (χ2v) is 6.08. The van der Waals surface area contributed by atoms with Gasteiger partial charge in [0.25, 0.3) is 0 Å². The van der Waals surface area contributed by atoms with Crippen molar-refractivity contribution >= 4 is 5.91 Å². The van der Waals surface area contributed by atoms with Crippen LogP contribution in [0.3, 0.4) is 0 Å². The average Bonchev–Trinajstić information content (AvgIpc) is 2.54. The van der Waals surface area contributed by atoms with E-state index >= 15 is 0 Å². The van der Waals surface area contributed by atoms with Gasteiger partial charge in [0.15, 0.2) is 0 Å². The normalized spacial score (nSPS) is 11.8. The molecule has 2 aromatic rings. The van der Waals surface area contributed by atoms with Gasteiger partial charge in [-0.1, -0.05) is 47.5 Å². The van der Waals surface area contributed by atoms with Crippen molar-refractivity contribution in [2.45, 2.75) is 39.7 Å². The van der Waals surface area contributed by atoms with Crippen molar-refractivity contribution in [3.8, 4) is 5.75 Å². The van der Waals surface area contributed by atoms with Gasteiger partial charge in [-0.2, -0.15) is 0 Å². The molecule has 1 amide bonds. The molecule has 3 nitrogen and oxygen atoms in total. The maximum absolute atomic E-state index is 12.0. The molecule has 0 saturated carbocycles. The number of nitrogens with one attached hydrogen (secondary N) is 1. The summed E-state index contributed by atoms with van der Waals surface area (Å²) < 4.78 is 5.68. The zero-order chi connectivity index (χ0) is 16.7. The van der Waals surface area contributed by atoms with Crippen molar-refractivity contribution in [3.63, 3.8) is 0 Å². The van der Waals surface area contributed by atoms with Gasteiger partial charge in [-0.25, -0.2) is 0 Å². The summed E-state index contributed by atoms with van der Waals surface area (Å²) in [5.41, 5.74) is 3.63. The SMILES string of the molecule is Cc1ccc(CCC(=O)NC(C)COc2ccc(C)cc2)cc1. The number of carbonyl (C=O) groups is 1. The third-order valence-electron chi connectivity index (χ3n) is 3.69. The highest BCUT2D eigenvalue weighted by Crippen LogP contribution is 2.11. The molecular formula is C20H25NO2. The number of rotatable bonds is 7. The first-order chi connectivity index (χ1) is 11.0. The van der Waals surface area contributed by atoms with Crippen LogP contribution in [0.2, 0.25) is 0 Å². The Kier molecular flexibility index (Phi) is 6.21. The molecule has 1 atom stereocenters. The van der Waals surface area contributed by atoms with E-state index in [0.717, 1.165) is 12.2 Å². The monoisotopic (exact) mass is 311 g/mol. The van der Waals surface area contributed by atoms with Crippen molar-refractivity contribution in [2.75, 3.05) is 6.61 Å². The molecule has 2 aromatic carbocycles. The maximum Gasteiger partial charge on any atom is 0.220 e. The summed E-state index contributed by atoms with van der Waals surface area (Å²) in [7, 11) is 0. The second-order valence-electron chi connectivity index (χ2n) is 6.08. The number of ether oxygens (including phenoxy) is 1. The highest BCUT2D eigenvalue weighted by atomic mass is 16.5. The molecule has 0 radical (unpaired) electrons. The Balaban J connectivity index is 1.69. The van der Waals surface area contributed by atoms with Crippen molar-refractivity contribution in [2.24, 2.45) is 0 Å². The molecule has 0 heterocycles. The van der Waals surface area contributed by atoms with Crippen LogP contribution in [0.15, 0.2) is 48.5 Å². The van der Waals surface area contributed by atoms with Gasteiger partial charge < -0.3 is 10.1 Å². The van der Waals surface area contributed by atoms with E-state index < -0.39 is 0 Å². The quantitative estimate of drug-likeness (QED) is 0.844. The molecule has 3 heteroatoms. The first kappa shape index (κ1) is 17.1. The summed E-state index contributed by atoms with van der Waals surface area (Å²) in [5.74, 6) is 0.891. The van der Waals surface area contributed by atoms with Crippen molar-refractivity contribution in [1.82, 2.24) is 5.32 Å². The lowest BCUT2D eigenvalue weighted by Crippen LogP contribution is -2.36. The average molecular weight is 311 g/mol. The third kappa shape index (κ3) is 6.15. The summed E-state index contributed by atoms with van der Waals surface area (Å²) in [6.45, 7) is 6.53. The second kappa shape index (κ2) is 8.37. The molecule has 1 N–H and O–H groups in total. The van der Waals surface area contributed by atoms with Crippen molar-refractivity contribution < 1.29 is 9.53 Å². The van der Waals surface area contributed by atoms with E-state index in [0.29, 0.717) is 13.0 Å². The van der Waals surface area contributed by atoms with Crippen LogP contribution in [-0.4, -0.2) is 18.6 Å². The summed E-state index contributed by atoms with van der Waals surface area (Å²) >= 11 is 0. The topological polar surface area (TPSA) is 38.3 Å². The van der Waals surface area contributed by atoms with Gasteiger partial charge in [-0.05, 0) is 44.9 Å². The van der Waals surface area contributed by atoms with E-state index in [-0.39, 0.29) is 11.9 Å². The third-order valence-corrected chi connectivity index (χ3v) is 3.69. The van der Waals surface area contributed by atoms with Gasteiger partial charge in [0.05, 0.1) is 6.04 Å². The highest BCUT2D eigenvalue weighted by Gasteiger charge is 2.08. The first-order valence-electron chi connectivity index (χ1n) is 8.07. The van der Waals surface area contributed by atoms with Gasteiger partial charge >= 0.3 is 0 Å². The Morgan fingerprint density at radius 3 is 2.17 bits per heavy atom. The van der Waals surface area contributed by atoms with Gasteiger partial charge in [0.1, 0.15) is 12.4 Å². The molecule has 1 unspecified atom stereocenters. The van der Waals surface area contributed by atoms with Crippen LogP contribution in [0.1, 0.15) is 30.0 Å².